The van der Waals surface area contributed by atoms with Gasteiger partial charge in [0, 0.05) is 18.8 Å². The van der Waals surface area contributed by atoms with Gasteiger partial charge in [0.1, 0.15) is 5.82 Å². The number of nitrogens with one attached hydrogen (secondary N) is 1. The highest BCUT2D eigenvalue weighted by atomic mass is 19.1. The monoisotopic (exact) mass is 210 g/mol. The van der Waals surface area contributed by atoms with Crippen molar-refractivity contribution in [1.82, 2.24) is 0 Å². The number of hydrogen-bond donors (Lipinski definition) is 2. The van der Waals surface area contributed by atoms with E-state index in [1.54, 1.807) is 12.1 Å². The Morgan fingerprint density at radius 3 is 2.67 bits per heavy atom. The molecule has 0 aliphatic carbocycles. The Bertz CT molecular complexity index is 320. The molecule has 1 fully saturated rings. The van der Waals surface area contributed by atoms with Crippen molar-refractivity contribution >= 4 is 5.69 Å². The number of anilines is 1. The number of ether oxygens (including phenoxy) is 1. The molecule has 1 aromatic rings. The fourth-order valence-corrected chi connectivity index (χ4v) is 1.76. The molecule has 1 aliphatic heterocycles. The third-order valence-electron chi connectivity index (χ3n) is 2.75. The fourth-order valence-electron chi connectivity index (χ4n) is 1.76. The topological polar surface area (TPSA) is 47.3 Å². The van der Waals surface area contributed by atoms with Crippen molar-refractivity contribution in [2.24, 2.45) is 5.73 Å². The van der Waals surface area contributed by atoms with Crippen LogP contribution < -0.4 is 11.1 Å². The molecule has 3 nitrogen and oxygen atoms in total. The van der Waals surface area contributed by atoms with Crippen LogP contribution in [0.3, 0.4) is 0 Å². The molecule has 0 radical (unpaired) electrons. The van der Waals surface area contributed by atoms with Crippen LogP contribution >= 0.6 is 0 Å². The molecule has 4 heteroatoms. The first-order chi connectivity index (χ1) is 7.24. The summed E-state index contributed by atoms with van der Waals surface area (Å²) in [6.07, 6.45) is 0.890. The van der Waals surface area contributed by atoms with E-state index >= 15 is 0 Å². The molecule has 0 bridgehead atoms. The lowest BCUT2D eigenvalue weighted by molar-refractivity contribution is 0.183. The van der Waals surface area contributed by atoms with Crippen molar-refractivity contribution in [3.05, 3.63) is 30.1 Å². The average molecular weight is 210 g/mol. The lowest BCUT2D eigenvalue weighted by atomic mass is 9.98. The standard InChI is InChI=1S/C11H15FN2O/c12-9-1-3-10(4-2-9)14-11(7-13)5-6-15-8-11/h1-4,14H,5-8,13H2. The van der Waals surface area contributed by atoms with Crippen LogP contribution in [0, 0.1) is 5.82 Å². The molecule has 1 aliphatic rings. The molecule has 0 aromatic heterocycles. The van der Waals surface area contributed by atoms with Gasteiger partial charge in [0.25, 0.3) is 0 Å². The second-order valence-corrected chi connectivity index (χ2v) is 3.92. The van der Waals surface area contributed by atoms with Crippen molar-refractivity contribution in [3.8, 4) is 0 Å². The Balaban J connectivity index is 2.09. The maximum absolute atomic E-state index is 12.7. The lowest BCUT2D eigenvalue weighted by Gasteiger charge is -2.28. The first-order valence-corrected chi connectivity index (χ1v) is 5.06. The highest BCUT2D eigenvalue weighted by Crippen LogP contribution is 2.23. The minimum atomic E-state index is -0.231. The Morgan fingerprint density at radius 2 is 2.13 bits per heavy atom. The zero-order valence-electron chi connectivity index (χ0n) is 8.50. The van der Waals surface area contributed by atoms with Crippen LogP contribution in [-0.4, -0.2) is 25.3 Å². The summed E-state index contributed by atoms with van der Waals surface area (Å²) in [6, 6.07) is 6.29. The van der Waals surface area contributed by atoms with E-state index in [-0.39, 0.29) is 11.4 Å². The Morgan fingerprint density at radius 1 is 1.40 bits per heavy atom. The summed E-state index contributed by atoms with van der Waals surface area (Å²) in [4.78, 5) is 0. The second kappa shape index (κ2) is 4.16. The van der Waals surface area contributed by atoms with Gasteiger partial charge in [-0.25, -0.2) is 4.39 Å². The average Bonchev–Trinajstić information content (AvgIpc) is 2.71. The second-order valence-electron chi connectivity index (χ2n) is 3.92. The summed E-state index contributed by atoms with van der Waals surface area (Å²) in [5, 5.41) is 3.31. The fraction of sp³-hybridized carbons (Fsp3) is 0.455. The van der Waals surface area contributed by atoms with Gasteiger partial charge in [0.2, 0.25) is 0 Å². The normalized spacial score (nSPS) is 25.5. The van der Waals surface area contributed by atoms with Gasteiger partial charge in [-0.3, -0.25) is 0 Å². The van der Waals surface area contributed by atoms with E-state index in [0.717, 1.165) is 18.7 Å². The summed E-state index contributed by atoms with van der Waals surface area (Å²) in [7, 11) is 0. The van der Waals surface area contributed by atoms with Gasteiger partial charge >= 0.3 is 0 Å². The number of halogens is 1. The molecule has 15 heavy (non-hydrogen) atoms. The van der Waals surface area contributed by atoms with Crippen LogP contribution in [-0.2, 0) is 4.74 Å². The minimum absolute atomic E-state index is 0.183. The first-order valence-electron chi connectivity index (χ1n) is 5.06. The molecule has 0 spiro atoms. The van der Waals surface area contributed by atoms with E-state index < -0.39 is 0 Å². The van der Waals surface area contributed by atoms with Crippen LogP contribution in [0.5, 0.6) is 0 Å². The van der Waals surface area contributed by atoms with Crippen molar-refractivity contribution in [1.29, 1.82) is 0 Å². The molecule has 1 aromatic carbocycles. The van der Waals surface area contributed by atoms with Crippen molar-refractivity contribution in [2.75, 3.05) is 25.1 Å². The first kappa shape index (κ1) is 10.4. The Kier molecular flexibility index (Phi) is 2.88. The van der Waals surface area contributed by atoms with E-state index in [1.807, 2.05) is 0 Å². The predicted octanol–water partition coefficient (Wildman–Crippen LogP) is 1.36. The molecule has 3 N–H and O–H groups in total. The van der Waals surface area contributed by atoms with E-state index in [9.17, 15) is 4.39 Å². The van der Waals surface area contributed by atoms with Crippen LogP contribution in [0.1, 0.15) is 6.42 Å². The quantitative estimate of drug-likeness (QED) is 0.791. The van der Waals surface area contributed by atoms with Gasteiger partial charge in [-0.15, -0.1) is 0 Å². The number of hydrogen-bond acceptors (Lipinski definition) is 3. The summed E-state index contributed by atoms with van der Waals surface area (Å²) < 4.78 is 18.0. The van der Waals surface area contributed by atoms with Crippen LogP contribution in [0.15, 0.2) is 24.3 Å². The van der Waals surface area contributed by atoms with E-state index in [0.29, 0.717) is 13.2 Å². The smallest absolute Gasteiger partial charge is 0.123 e. The zero-order chi connectivity index (χ0) is 10.7. The van der Waals surface area contributed by atoms with Crippen LogP contribution in [0.2, 0.25) is 0 Å². The molecule has 2 rings (SSSR count). The molecule has 82 valence electrons. The van der Waals surface area contributed by atoms with Crippen LogP contribution in [0.25, 0.3) is 0 Å². The van der Waals surface area contributed by atoms with Gasteiger partial charge in [0.05, 0.1) is 12.1 Å². The predicted molar refractivity (Wildman–Crippen MR) is 57.2 cm³/mol. The molecular formula is C11H15FN2O. The highest BCUT2D eigenvalue weighted by molar-refractivity contribution is 5.46. The molecule has 1 atom stereocenters. The molecule has 1 saturated heterocycles. The van der Waals surface area contributed by atoms with Gasteiger partial charge in [-0.05, 0) is 30.7 Å². The van der Waals surface area contributed by atoms with Gasteiger partial charge in [-0.1, -0.05) is 0 Å². The summed E-state index contributed by atoms with van der Waals surface area (Å²) >= 11 is 0. The van der Waals surface area contributed by atoms with Crippen molar-refractivity contribution in [2.45, 2.75) is 12.0 Å². The lowest BCUT2D eigenvalue weighted by Crippen LogP contribution is -2.46. The van der Waals surface area contributed by atoms with Crippen molar-refractivity contribution < 1.29 is 9.13 Å². The number of benzene rings is 1. The maximum atomic E-state index is 12.7. The van der Waals surface area contributed by atoms with Crippen LogP contribution in [0.4, 0.5) is 10.1 Å². The SMILES string of the molecule is NCC1(Nc2ccc(F)cc2)CCOC1. The third kappa shape index (κ3) is 2.27. The zero-order valence-corrected chi connectivity index (χ0v) is 8.50. The van der Waals surface area contributed by atoms with Gasteiger partial charge in [-0.2, -0.15) is 0 Å². The maximum Gasteiger partial charge on any atom is 0.123 e. The highest BCUT2D eigenvalue weighted by Gasteiger charge is 2.33. The molecule has 1 unspecified atom stereocenters. The molecule has 0 saturated carbocycles. The van der Waals surface area contributed by atoms with Crippen molar-refractivity contribution in [3.63, 3.8) is 0 Å². The molecule has 0 amide bonds. The van der Waals surface area contributed by atoms with E-state index in [1.165, 1.54) is 12.1 Å². The molecular weight excluding hydrogens is 195 g/mol. The minimum Gasteiger partial charge on any atom is -0.379 e. The third-order valence-corrected chi connectivity index (χ3v) is 2.75. The van der Waals surface area contributed by atoms with E-state index in [4.69, 9.17) is 10.5 Å². The number of rotatable bonds is 3. The number of nitrogens with two attached hydrogens (primary N) is 1. The Labute approximate surface area is 88.4 Å². The summed E-state index contributed by atoms with van der Waals surface area (Å²) in [5.74, 6) is -0.231. The summed E-state index contributed by atoms with van der Waals surface area (Å²) in [6.45, 7) is 1.86. The van der Waals surface area contributed by atoms with Gasteiger partial charge in [0.15, 0.2) is 0 Å². The van der Waals surface area contributed by atoms with Gasteiger partial charge < -0.3 is 15.8 Å². The Hall–Kier alpha value is -1.13. The van der Waals surface area contributed by atoms with E-state index in [2.05, 4.69) is 5.32 Å². The largest absolute Gasteiger partial charge is 0.379 e. The molecule has 1 heterocycles. The summed E-state index contributed by atoms with van der Waals surface area (Å²) in [5.41, 5.74) is 6.43.